The number of allylic oxidation sites excluding steroid dienone is 2. The van der Waals surface area contributed by atoms with Gasteiger partial charge in [-0.3, -0.25) is 4.79 Å². The molecule has 1 aliphatic carbocycles. The summed E-state index contributed by atoms with van der Waals surface area (Å²) in [6, 6.07) is 0.293. The molecule has 1 aromatic carbocycles. The maximum atomic E-state index is 13.1. The molecule has 1 unspecified atom stereocenters. The van der Waals surface area contributed by atoms with E-state index < -0.39 is 38.4 Å². The van der Waals surface area contributed by atoms with Crippen LogP contribution in [-0.4, -0.2) is 49.7 Å². The van der Waals surface area contributed by atoms with Gasteiger partial charge in [-0.15, -0.1) is 0 Å². The van der Waals surface area contributed by atoms with Crippen LogP contribution in [0.1, 0.15) is 30.4 Å². The molecular formula is C19H20F6N2O3S. The fraction of sp³-hybridized carbons (Fsp3) is 0.526. The first-order chi connectivity index (χ1) is 14.3. The van der Waals surface area contributed by atoms with Crippen molar-refractivity contribution in [2.24, 2.45) is 5.92 Å². The van der Waals surface area contributed by atoms with E-state index in [-0.39, 0.29) is 56.2 Å². The largest absolute Gasteiger partial charge is 0.416 e. The van der Waals surface area contributed by atoms with Gasteiger partial charge in [0.1, 0.15) is 0 Å². The highest BCUT2D eigenvalue weighted by Gasteiger charge is 2.40. The van der Waals surface area contributed by atoms with Crippen LogP contribution in [0.3, 0.4) is 0 Å². The lowest BCUT2D eigenvalue weighted by atomic mass is 9.93. The molecule has 1 aromatic rings. The second-order valence-corrected chi connectivity index (χ2v) is 9.39. The summed E-state index contributed by atoms with van der Waals surface area (Å²) >= 11 is 0. The van der Waals surface area contributed by atoms with E-state index in [9.17, 15) is 39.6 Å². The van der Waals surface area contributed by atoms with Crippen molar-refractivity contribution >= 4 is 15.9 Å². The van der Waals surface area contributed by atoms with Gasteiger partial charge in [0.15, 0.2) is 0 Å². The van der Waals surface area contributed by atoms with Gasteiger partial charge in [-0.2, -0.15) is 30.6 Å². The van der Waals surface area contributed by atoms with Crippen LogP contribution >= 0.6 is 0 Å². The Morgan fingerprint density at radius 2 is 1.42 bits per heavy atom. The number of amides is 1. The Hall–Kier alpha value is -2.08. The molecule has 1 heterocycles. The van der Waals surface area contributed by atoms with Gasteiger partial charge in [0, 0.05) is 32.1 Å². The molecule has 1 amide bonds. The summed E-state index contributed by atoms with van der Waals surface area (Å²) in [4.78, 5) is 13.0. The van der Waals surface area contributed by atoms with Crippen molar-refractivity contribution in [3.05, 3.63) is 41.5 Å². The Bertz CT molecular complexity index is 932. The molecule has 0 saturated carbocycles. The van der Waals surface area contributed by atoms with E-state index >= 15 is 0 Å². The third kappa shape index (κ3) is 5.22. The predicted molar refractivity (Wildman–Crippen MR) is 98.3 cm³/mol. The quantitative estimate of drug-likeness (QED) is 0.497. The van der Waals surface area contributed by atoms with E-state index in [1.165, 1.54) is 4.90 Å². The highest BCUT2D eigenvalue weighted by atomic mass is 32.2. The molecule has 12 heteroatoms. The van der Waals surface area contributed by atoms with E-state index in [0.717, 1.165) is 10.7 Å². The third-order valence-corrected chi connectivity index (χ3v) is 7.24. The van der Waals surface area contributed by atoms with Crippen molar-refractivity contribution in [3.8, 4) is 0 Å². The normalized spacial score (nSPS) is 21.4. The number of halogens is 6. The zero-order valence-corrected chi connectivity index (χ0v) is 17.0. The Balaban J connectivity index is 1.81. The third-order valence-electron chi connectivity index (χ3n) is 5.37. The van der Waals surface area contributed by atoms with Crippen LogP contribution in [0.5, 0.6) is 0 Å². The zero-order chi connectivity index (χ0) is 23.0. The van der Waals surface area contributed by atoms with Crippen LogP contribution in [0, 0.1) is 5.92 Å². The fourth-order valence-electron chi connectivity index (χ4n) is 3.65. The van der Waals surface area contributed by atoms with Gasteiger partial charge < -0.3 is 4.90 Å². The number of rotatable bonds is 3. The molecule has 3 rings (SSSR count). The van der Waals surface area contributed by atoms with E-state index in [1.807, 2.05) is 12.2 Å². The molecule has 1 aliphatic heterocycles. The zero-order valence-electron chi connectivity index (χ0n) is 16.2. The average Bonchev–Trinajstić information content (AvgIpc) is 2.72. The van der Waals surface area contributed by atoms with Gasteiger partial charge in [-0.1, -0.05) is 12.2 Å². The first kappa shape index (κ1) is 23.6. The Morgan fingerprint density at radius 1 is 0.871 bits per heavy atom. The molecule has 1 atom stereocenters. The van der Waals surface area contributed by atoms with Crippen LogP contribution in [0.4, 0.5) is 26.3 Å². The van der Waals surface area contributed by atoms with Crippen molar-refractivity contribution in [1.82, 2.24) is 9.21 Å². The van der Waals surface area contributed by atoms with Crippen LogP contribution < -0.4 is 0 Å². The van der Waals surface area contributed by atoms with Crippen LogP contribution in [0.15, 0.2) is 35.2 Å². The summed E-state index contributed by atoms with van der Waals surface area (Å²) in [5, 5.41) is 0. The second-order valence-electron chi connectivity index (χ2n) is 7.45. The summed E-state index contributed by atoms with van der Waals surface area (Å²) in [7, 11) is -4.62. The number of carbonyl (C=O) groups is 1. The SMILES string of the molecule is O=C(C1CC=CCC1)N1CCN(S(=O)(=O)c2cc(C(F)(F)F)cc(C(F)(F)F)c2)CC1. The molecule has 0 N–H and O–H groups in total. The Morgan fingerprint density at radius 3 is 1.87 bits per heavy atom. The number of nitrogens with zero attached hydrogens (tertiary/aromatic N) is 2. The lowest BCUT2D eigenvalue weighted by Gasteiger charge is -2.36. The summed E-state index contributed by atoms with van der Waals surface area (Å²) < 4.78 is 105. The number of piperazine rings is 1. The molecule has 0 radical (unpaired) electrons. The minimum Gasteiger partial charge on any atom is -0.340 e. The van der Waals surface area contributed by atoms with Gasteiger partial charge in [-0.05, 0) is 37.5 Å². The highest BCUT2D eigenvalue weighted by molar-refractivity contribution is 7.89. The lowest BCUT2D eigenvalue weighted by molar-refractivity contribution is -0.143. The van der Waals surface area contributed by atoms with E-state index in [0.29, 0.717) is 12.8 Å². The molecule has 1 saturated heterocycles. The molecule has 0 spiro atoms. The van der Waals surface area contributed by atoms with Gasteiger partial charge in [0.2, 0.25) is 15.9 Å². The molecule has 0 aromatic heterocycles. The van der Waals surface area contributed by atoms with Crippen LogP contribution in [0.2, 0.25) is 0 Å². The number of hydrogen-bond donors (Lipinski definition) is 0. The molecule has 2 aliphatic rings. The van der Waals surface area contributed by atoms with Crippen molar-refractivity contribution in [2.45, 2.75) is 36.5 Å². The fourth-order valence-corrected chi connectivity index (χ4v) is 5.14. The van der Waals surface area contributed by atoms with Crippen molar-refractivity contribution in [3.63, 3.8) is 0 Å². The average molecular weight is 470 g/mol. The maximum absolute atomic E-state index is 13.1. The summed E-state index contributed by atoms with van der Waals surface area (Å²) in [6.45, 7) is -0.394. The molecule has 1 fully saturated rings. The van der Waals surface area contributed by atoms with Crippen molar-refractivity contribution in [1.29, 1.82) is 0 Å². The molecular weight excluding hydrogens is 450 g/mol. The van der Waals surface area contributed by atoms with Gasteiger partial charge in [0.05, 0.1) is 16.0 Å². The maximum Gasteiger partial charge on any atom is 0.416 e. The first-order valence-corrected chi connectivity index (χ1v) is 11.0. The molecule has 172 valence electrons. The van der Waals surface area contributed by atoms with Crippen molar-refractivity contribution < 1.29 is 39.6 Å². The minimum absolute atomic E-state index is 0.0172. The van der Waals surface area contributed by atoms with E-state index in [4.69, 9.17) is 0 Å². The summed E-state index contributed by atoms with van der Waals surface area (Å²) in [5.74, 6) is -0.328. The molecule has 31 heavy (non-hydrogen) atoms. The number of sulfonamides is 1. The smallest absolute Gasteiger partial charge is 0.340 e. The monoisotopic (exact) mass is 470 g/mol. The van der Waals surface area contributed by atoms with E-state index in [2.05, 4.69) is 0 Å². The Kier molecular flexibility index (Phi) is 6.43. The number of hydrogen-bond acceptors (Lipinski definition) is 3. The van der Waals surface area contributed by atoms with Crippen molar-refractivity contribution in [2.75, 3.05) is 26.2 Å². The number of alkyl halides is 6. The predicted octanol–water partition coefficient (Wildman–Crippen LogP) is 3.91. The van der Waals surface area contributed by atoms with Gasteiger partial charge in [-0.25, -0.2) is 8.42 Å². The number of carbonyl (C=O) groups excluding carboxylic acids is 1. The summed E-state index contributed by atoms with van der Waals surface area (Å²) in [6.07, 6.45) is -4.39. The van der Waals surface area contributed by atoms with Crippen LogP contribution in [0.25, 0.3) is 0 Å². The second kappa shape index (κ2) is 8.45. The van der Waals surface area contributed by atoms with E-state index in [1.54, 1.807) is 0 Å². The highest BCUT2D eigenvalue weighted by Crippen LogP contribution is 2.38. The lowest BCUT2D eigenvalue weighted by Crippen LogP contribution is -2.52. The minimum atomic E-state index is -5.15. The first-order valence-electron chi connectivity index (χ1n) is 9.53. The summed E-state index contributed by atoms with van der Waals surface area (Å²) in [5.41, 5.74) is -3.39. The molecule has 0 bridgehead atoms. The standard InChI is InChI=1S/C19H20F6N2O3S/c20-18(21,22)14-10-15(19(23,24)25)12-16(11-14)31(29,30)27-8-6-26(7-9-27)17(28)13-4-2-1-3-5-13/h1-2,10-13H,3-9H2. The van der Waals surface area contributed by atoms with Gasteiger partial charge >= 0.3 is 12.4 Å². The molecule has 5 nitrogen and oxygen atoms in total. The Labute approximate surface area is 175 Å². The van der Waals surface area contributed by atoms with Crippen LogP contribution in [-0.2, 0) is 27.2 Å². The number of benzene rings is 1. The van der Waals surface area contributed by atoms with Gasteiger partial charge in [0.25, 0.3) is 0 Å². The topological polar surface area (TPSA) is 57.7 Å².